The van der Waals surface area contributed by atoms with Crippen LogP contribution in [0.4, 0.5) is 0 Å². The standard InChI is InChI=1S/C11H21N3O2S/c1-7(2)9(10(12)17)11(16)14(4)6-5-8(15)13-3/h7,9H,5-6H2,1-4H3,(H2,12,17)(H,13,15). The molecule has 0 fully saturated rings. The molecule has 2 amide bonds. The first-order valence-electron chi connectivity index (χ1n) is 5.56. The fraction of sp³-hybridized carbons (Fsp3) is 0.727. The molecular formula is C11H21N3O2S. The van der Waals surface area contributed by atoms with Crippen LogP contribution in [0.15, 0.2) is 0 Å². The van der Waals surface area contributed by atoms with Crippen LogP contribution in [0.25, 0.3) is 0 Å². The number of carbonyl (C=O) groups is 2. The molecule has 0 bridgehead atoms. The number of amides is 2. The summed E-state index contributed by atoms with van der Waals surface area (Å²) in [4.78, 5) is 24.8. The molecule has 0 radical (unpaired) electrons. The summed E-state index contributed by atoms with van der Waals surface area (Å²) in [5.41, 5.74) is 5.56. The lowest BCUT2D eigenvalue weighted by molar-refractivity contribution is -0.133. The van der Waals surface area contributed by atoms with Gasteiger partial charge in [-0.05, 0) is 5.92 Å². The highest BCUT2D eigenvalue weighted by atomic mass is 32.1. The van der Waals surface area contributed by atoms with Gasteiger partial charge in [0.05, 0.1) is 10.9 Å². The second-order valence-electron chi connectivity index (χ2n) is 4.31. The van der Waals surface area contributed by atoms with Gasteiger partial charge in [0.15, 0.2) is 0 Å². The number of nitrogens with two attached hydrogens (primary N) is 1. The maximum absolute atomic E-state index is 12.1. The monoisotopic (exact) mass is 259 g/mol. The lowest BCUT2D eigenvalue weighted by Crippen LogP contribution is -2.42. The molecule has 1 unspecified atom stereocenters. The second kappa shape index (κ2) is 7.21. The zero-order valence-corrected chi connectivity index (χ0v) is 11.6. The Kier molecular flexibility index (Phi) is 6.72. The number of thiocarbonyl (C=S) groups is 1. The summed E-state index contributed by atoms with van der Waals surface area (Å²) in [5.74, 6) is -0.625. The van der Waals surface area contributed by atoms with E-state index in [1.165, 1.54) is 4.90 Å². The molecule has 98 valence electrons. The van der Waals surface area contributed by atoms with Gasteiger partial charge in [-0.1, -0.05) is 26.1 Å². The van der Waals surface area contributed by atoms with Crippen LogP contribution in [-0.2, 0) is 9.59 Å². The van der Waals surface area contributed by atoms with E-state index in [0.29, 0.717) is 6.54 Å². The van der Waals surface area contributed by atoms with Crippen molar-refractivity contribution in [2.24, 2.45) is 17.6 Å². The molecule has 0 aliphatic rings. The van der Waals surface area contributed by atoms with Crippen molar-refractivity contribution in [2.45, 2.75) is 20.3 Å². The summed E-state index contributed by atoms with van der Waals surface area (Å²) in [5, 5.41) is 2.51. The van der Waals surface area contributed by atoms with Gasteiger partial charge < -0.3 is 16.0 Å². The van der Waals surface area contributed by atoms with Crippen molar-refractivity contribution in [1.29, 1.82) is 0 Å². The Morgan fingerprint density at radius 2 is 1.94 bits per heavy atom. The van der Waals surface area contributed by atoms with Gasteiger partial charge in [0, 0.05) is 27.1 Å². The van der Waals surface area contributed by atoms with Crippen LogP contribution in [0, 0.1) is 11.8 Å². The molecule has 6 heteroatoms. The van der Waals surface area contributed by atoms with Crippen LogP contribution in [0.3, 0.4) is 0 Å². The van der Waals surface area contributed by atoms with Crippen LogP contribution in [0.1, 0.15) is 20.3 Å². The summed E-state index contributed by atoms with van der Waals surface area (Å²) in [6.45, 7) is 4.16. The molecular weight excluding hydrogens is 238 g/mol. The SMILES string of the molecule is CNC(=O)CCN(C)C(=O)C(C(N)=S)C(C)C. The van der Waals surface area contributed by atoms with Gasteiger partial charge in [-0.2, -0.15) is 0 Å². The van der Waals surface area contributed by atoms with E-state index < -0.39 is 5.92 Å². The van der Waals surface area contributed by atoms with Gasteiger partial charge in [0.25, 0.3) is 0 Å². The highest BCUT2D eigenvalue weighted by Gasteiger charge is 2.27. The Balaban J connectivity index is 4.46. The Hall–Kier alpha value is -1.17. The van der Waals surface area contributed by atoms with Crippen molar-refractivity contribution >= 4 is 29.0 Å². The van der Waals surface area contributed by atoms with Gasteiger partial charge in [-0.25, -0.2) is 0 Å². The molecule has 5 nitrogen and oxygen atoms in total. The lowest BCUT2D eigenvalue weighted by Gasteiger charge is -2.25. The summed E-state index contributed by atoms with van der Waals surface area (Å²) in [7, 11) is 3.22. The fourth-order valence-corrected chi connectivity index (χ4v) is 1.85. The molecule has 0 aromatic rings. The molecule has 0 spiro atoms. The zero-order valence-electron chi connectivity index (χ0n) is 10.8. The number of carbonyl (C=O) groups excluding carboxylic acids is 2. The number of hydrogen-bond acceptors (Lipinski definition) is 3. The predicted octanol–water partition coefficient (Wildman–Crippen LogP) is 0.139. The third kappa shape index (κ3) is 5.12. The van der Waals surface area contributed by atoms with E-state index in [2.05, 4.69) is 5.32 Å². The van der Waals surface area contributed by atoms with Crippen LogP contribution >= 0.6 is 12.2 Å². The maximum Gasteiger partial charge on any atom is 0.232 e. The molecule has 1 atom stereocenters. The number of nitrogens with zero attached hydrogens (tertiary/aromatic N) is 1. The highest BCUT2D eigenvalue weighted by Crippen LogP contribution is 2.14. The molecule has 0 aromatic carbocycles. The van der Waals surface area contributed by atoms with Crippen molar-refractivity contribution in [2.75, 3.05) is 20.6 Å². The Morgan fingerprint density at radius 3 is 2.29 bits per heavy atom. The third-order valence-corrected chi connectivity index (χ3v) is 2.82. The Labute approximate surface area is 108 Å². The van der Waals surface area contributed by atoms with Gasteiger partial charge >= 0.3 is 0 Å². The molecule has 3 N–H and O–H groups in total. The molecule has 0 rings (SSSR count). The first-order valence-corrected chi connectivity index (χ1v) is 5.97. The van der Waals surface area contributed by atoms with E-state index >= 15 is 0 Å². The predicted molar refractivity (Wildman–Crippen MR) is 71.4 cm³/mol. The number of hydrogen-bond donors (Lipinski definition) is 2. The van der Waals surface area contributed by atoms with Gasteiger partial charge in [0.1, 0.15) is 0 Å². The quantitative estimate of drug-likeness (QED) is 0.665. The fourth-order valence-electron chi connectivity index (χ4n) is 1.48. The van der Waals surface area contributed by atoms with E-state index in [4.69, 9.17) is 18.0 Å². The minimum absolute atomic E-state index is 0.0578. The minimum atomic E-state index is -0.459. The third-order valence-electron chi connectivity index (χ3n) is 2.57. The number of rotatable bonds is 6. The van der Waals surface area contributed by atoms with Gasteiger partial charge in [-0.3, -0.25) is 9.59 Å². The first-order chi connectivity index (χ1) is 7.81. The average molecular weight is 259 g/mol. The van der Waals surface area contributed by atoms with E-state index in [0.717, 1.165) is 0 Å². The normalized spacial score (nSPS) is 12.1. The molecule has 0 saturated carbocycles. The molecule has 0 aliphatic heterocycles. The van der Waals surface area contributed by atoms with Crippen molar-refractivity contribution in [3.05, 3.63) is 0 Å². The molecule has 0 aromatic heterocycles. The average Bonchev–Trinajstić information content (AvgIpc) is 2.23. The Morgan fingerprint density at radius 1 is 1.41 bits per heavy atom. The van der Waals surface area contributed by atoms with Crippen molar-refractivity contribution in [3.63, 3.8) is 0 Å². The second-order valence-corrected chi connectivity index (χ2v) is 4.78. The minimum Gasteiger partial charge on any atom is -0.393 e. The van der Waals surface area contributed by atoms with Crippen LogP contribution in [0.2, 0.25) is 0 Å². The van der Waals surface area contributed by atoms with E-state index in [1.807, 2.05) is 13.8 Å². The van der Waals surface area contributed by atoms with Crippen LogP contribution in [0.5, 0.6) is 0 Å². The van der Waals surface area contributed by atoms with Crippen molar-refractivity contribution in [3.8, 4) is 0 Å². The van der Waals surface area contributed by atoms with E-state index in [-0.39, 0.29) is 29.1 Å². The van der Waals surface area contributed by atoms with Crippen molar-refractivity contribution in [1.82, 2.24) is 10.2 Å². The summed E-state index contributed by atoms with van der Waals surface area (Å²) in [6, 6.07) is 0. The molecule has 0 aliphatic carbocycles. The summed E-state index contributed by atoms with van der Waals surface area (Å²) >= 11 is 4.90. The zero-order chi connectivity index (χ0) is 13.6. The summed E-state index contributed by atoms with van der Waals surface area (Å²) < 4.78 is 0. The number of nitrogens with one attached hydrogen (secondary N) is 1. The summed E-state index contributed by atoms with van der Waals surface area (Å²) in [6.07, 6.45) is 0.279. The lowest BCUT2D eigenvalue weighted by atomic mass is 9.94. The van der Waals surface area contributed by atoms with E-state index in [9.17, 15) is 9.59 Å². The van der Waals surface area contributed by atoms with Gasteiger partial charge in [0.2, 0.25) is 11.8 Å². The largest absolute Gasteiger partial charge is 0.393 e. The van der Waals surface area contributed by atoms with Crippen molar-refractivity contribution < 1.29 is 9.59 Å². The molecule has 0 heterocycles. The molecule has 0 saturated heterocycles. The Bertz CT molecular complexity index is 305. The van der Waals surface area contributed by atoms with Gasteiger partial charge in [-0.15, -0.1) is 0 Å². The maximum atomic E-state index is 12.1. The first kappa shape index (κ1) is 15.8. The molecule has 17 heavy (non-hydrogen) atoms. The highest BCUT2D eigenvalue weighted by molar-refractivity contribution is 7.80. The van der Waals surface area contributed by atoms with E-state index in [1.54, 1.807) is 14.1 Å². The van der Waals surface area contributed by atoms with Crippen LogP contribution < -0.4 is 11.1 Å². The topological polar surface area (TPSA) is 75.4 Å². The smallest absolute Gasteiger partial charge is 0.232 e. The van der Waals surface area contributed by atoms with Crippen LogP contribution in [-0.4, -0.2) is 42.3 Å².